The van der Waals surface area contributed by atoms with E-state index in [1.807, 2.05) is 6.07 Å². The molecule has 1 fully saturated rings. The number of nitrogens with two attached hydrogens (primary N) is 1. The number of aromatic nitrogens is 3. The standard InChI is InChI=1S/C27H25ClN6O7S3/c1-33-19(8-18(35)22(28)32-33)42-11-15-13-44(39)25-20(31-23(36)16(10-40-2)17-12-43-27(29)30-17)24(37)34(25)21(15)26(38)41-9-14-6-4-3-5-7-14/h3-8,10,12,20,25H,9,11,13H2,1-2H3,(H2,29,30)(H,31,36)/b16-10-. The van der Waals surface area contributed by atoms with Crippen molar-refractivity contribution in [3.63, 3.8) is 0 Å². The molecule has 17 heteroatoms. The molecule has 2 amide bonds. The van der Waals surface area contributed by atoms with E-state index in [9.17, 15) is 23.7 Å². The van der Waals surface area contributed by atoms with Crippen LogP contribution in [0, 0.1) is 0 Å². The zero-order chi connectivity index (χ0) is 31.5. The number of benzene rings is 1. The molecular formula is C27H25ClN6O7S3. The number of nitrogens with one attached hydrogen (secondary N) is 1. The predicted molar refractivity (Wildman–Crippen MR) is 166 cm³/mol. The Kier molecular flexibility index (Phi) is 9.65. The number of esters is 1. The van der Waals surface area contributed by atoms with Crippen LogP contribution in [0.5, 0.6) is 0 Å². The van der Waals surface area contributed by atoms with Gasteiger partial charge in [0.25, 0.3) is 11.8 Å². The number of anilines is 1. The number of β-lactam (4-membered cyclic amide) rings is 1. The van der Waals surface area contributed by atoms with Crippen LogP contribution in [-0.4, -0.2) is 72.0 Å². The van der Waals surface area contributed by atoms with E-state index in [0.717, 1.165) is 33.6 Å². The molecule has 4 heterocycles. The molecule has 0 aliphatic carbocycles. The molecule has 2 aliphatic rings. The maximum atomic E-state index is 13.5. The Bertz CT molecular complexity index is 1730. The fourth-order valence-electron chi connectivity index (χ4n) is 4.51. The Morgan fingerprint density at radius 1 is 1.32 bits per heavy atom. The number of fused-ring (bicyclic) bond motifs is 1. The summed E-state index contributed by atoms with van der Waals surface area (Å²) in [6.45, 7) is -0.0584. The van der Waals surface area contributed by atoms with Crippen LogP contribution in [0.1, 0.15) is 11.3 Å². The lowest BCUT2D eigenvalue weighted by Gasteiger charge is -2.49. The quantitative estimate of drug-likeness (QED) is 0.0796. The third-order valence-electron chi connectivity index (χ3n) is 6.58. The van der Waals surface area contributed by atoms with Crippen molar-refractivity contribution < 1.29 is 28.4 Å². The van der Waals surface area contributed by atoms with E-state index in [2.05, 4.69) is 15.4 Å². The van der Waals surface area contributed by atoms with E-state index >= 15 is 0 Å². The maximum absolute atomic E-state index is 13.5. The molecular weight excluding hydrogens is 652 g/mol. The van der Waals surface area contributed by atoms with Gasteiger partial charge in [-0.2, -0.15) is 5.10 Å². The molecule has 3 aromatic rings. The molecule has 0 spiro atoms. The number of aryl methyl sites for hydroxylation is 1. The second kappa shape index (κ2) is 13.4. The minimum Gasteiger partial charge on any atom is -0.614 e. The summed E-state index contributed by atoms with van der Waals surface area (Å²) in [6.07, 6.45) is 1.17. The first-order chi connectivity index (χ1) is 21.1. The normalized spacial score (nSPS) is 19.7. The van der Waals surface area contributed by atoms with Crippen LogP contribution in [-0.2, 0) is 48.7 Å². The summed E-state index contributed by atoms with van der Waals surface area (Å²) in [6, 6.07) is 9.11. The molecule has 13 nitrogen and oxygen atoms in total. The van der Waals surface area contributed by atoms with Gasteiger partial charge < -0.3 is 25.1 Å². The number of halogens is 1. The van der Waals surface area contributed by atoms with Crippen molar-refractivity contribution in [1.82, 2.24) is 25.0 Å². The molecule has 44 heavy (non-hydrogen) atoms. The van der Waals surface area contributed by atoms with Crippen LogP contribution in [0.4, 0.5) is 5.13 Å². The van der Waals surface area contributed by atoms with Crippen LogP contribution < -0.4 is 16.5 Å². The summed E-state index contributed by atoms with van der Waals surface area (Å²) in [7, 11) is 2.95. The third-order valence-corrected chi connectivity index (χ3v) is 10.3. The second-order valence-corrected chi connectivity index (χ2v) is 13.3. The zero-order valence-electron chi connectivity index (χ0n) is 23.2. The monoisotopic (exact) mass is 676 g/mol. The van der Waals surface area contributed by atoms with Gasteiger partial charge in [0.1, 0.15) is 23.6 Å². The third kappa shape index (κ3) is 6.49. The molecule has 1 aromatic carbocycles. The molecule has 3 N–H and O–H groups in total. The molecule has 3 atom stereocenters. The molecule has 3 unspecified atom stereocenters. The Hall–Kier alpha value is -3.83. The Balaban J connectivity index is 1.41. The van der Waals surface area contributed by atoms with E-state index in [1.54, 1.807) is 36.7 Å². The van der Waals surface area contributed by atoms with Crippen LogP contribution >= 0.6 is 34.7 Å². The number of thioether (sulfide) groups is 1. The van der Waals surface area contributed by atoms with Gasteiger partial charge in [0.15, 0.2) is 16.3 Å². The maximum Gasteiger partial charge on any atom is 0.355 e. The highest BCUT2D eigenvalue weighted by Gasteiger charge is 2.61. The van der Waals surface area contributed by atoms with Crippen molar-refractivity contribution in [1.29, 1.82) is 0 Å². The van der Waals surface area contributed by atoms with Crippen molar-refractivity contribution in [3.8, 4) is 0 Å². The summed E-state index contributed by atoms with van der Waals surface area (Å²) in [4.78, 5) is 57.5. The van der Waals surface area contributed by atoms with Crippen LogP contribution in [0.2, 0.25) is 5.15 Å². The highest BCUT2D eigenvalue weighted by Crippen LogP contribution is 2.39. The van der Waals surface area contributed by atoms with Gasteiger partial charge in [-0.05, 0) is 16.7 Å². The Labute approximate surface area is 267 Å². The lowest BCUT2D eigenvalue weighted by molar-refractivity contribution is -0.153. The number of amides is 2. The fraction of sp³-hybridized carbons (Fsp3) is 0.259. The highest BCUT2D eigenvalue weighted by molar-refractivity contribution is 7.99. The van der Waals surface area contributed by atoms with E-state index < -0.39 is 45.8 Å². The SMILES string of the molecule is CO/C=C(\C(=O)NC1C(=O)N2C(C(=O)OCc3ccccc3)=C(CSc3cc(=O)c(Cl)nn3C)C[S+]([O-])C12)c1csc(N)n1. The van der Waals surface area contributed by atoms with Gasteiger partial charge in [0.2, 0.25) is 10.8 Å². The first-order valence-electron chi connectivity index (χ1n) is 12.8. The van der Waals surface area contributed by atoms with E-state index in [4.69, 9.17) is 26.8 Å². The number of hydrogen-bond acceptors (Lipinski definition) is 12. The minimum atomic E-state index is -1.71. The number of carbonyl (C=O) groups is 3. The van der Waals surface area contributed by atoms with Crippen LogP contribution in [0.15, 0.2) is 69.1 Å². The average molecular weight is 677 g/mol. The first-order valence-corrected chi connectivity index (χ1v) is 16.5. The van der Waals surface area contributed by atoms with Crippen molar-refractivity contribution in [3.05, 3.63) is 85.9 Å². The number of rotatable bonds is 10. The number of ether oxygens (including phenoxy) is 2. The summed E-state index contributed by atoms with van der Waals surface area (Å²) in [5, 5.41) is 7.59. The average Bonchev–Trinajstić information content (AvgIpc) is 3.44. The van der Waals surface area contributed by atoms with Gasteiger partial charge in [-0.3, -0.25) is 24.0 Å². The van der Waals surface area contributed by atoms with Crippen LogP contribution in [0.3, 0.4) is 0 Å². The zero-order valence-corrected chi connectivity index (χ0v) is 26.4. The largest absolute Gasteiger partial charge is 0.614 e. The first kappa shape index (κ1) is 31.6. The topological polar surface area (TPSA) is 182 Å². The highest BCUT2D eigenvalue weighted by atomic mass is 35.5. The lowest BCUT2D eigenvalue weighted by Crippen LogP contribution is -2.75. The van der Waals surface area contributed by atoms with E-state index in [1.165, 1.54) is 24.1 Å². The number of thiazole rings is 1. The molecule has 0 saturated carbocycles. The number of nitrogens with zero attached hydrogens (tertiary/aromatic N) is 4. The number of hydrogen-bond donors (Lipinski definition) is 2. The van der Waals surface area contributed by atoms with Gasteiger partial charge in [-0.15, -0.1) is 23.1 Å². The van der Waals surface area contributed by atoms with Crippen molar-refractivity contribution >= 4 is 74.4 Å². The van der Waals surface area contributed by atoms with Crippen molar-refractivity contribution in [2.75, 3.05) is 24.3 Å². The number of carbonyl (C=O) groups excluding carboxylic acids is 3. The van der Waals surface area contributed by atoms with E-state index in [-0.39, 0.29) is 45.4 Å². The molecule has 1 saturated heterocycles. The van der Waals surface area contributed by atoms with Gasteiger partial charge in [0.05, 0.1) is 24.1 Å². The smallest absolute Gasteiger partial charge is 0.355 e. The molecule has 2 aromatic heterocycles. The lowest BCUT2D eigenvalue weighted by atomic mass is 10.0. The fourth-order valence-corrected chi connectivity index (χ4v) is 8.04. The summed E-state index contributed by atoms with van der Waals surface area (Å²) in [5.74, 6) is -2.10. The summed E-state index contributed by atoms with van der Waals surface area (Å²) >= 11 is 6.40. The molecule has 0 bridgehead atoms. The van der Waals surface area contributed by atoms with Crippen LogP contribution in [0.25, 0.3) is 5.57 Å². The second-order valence-electron chi connectivity index (χ2n) is 9.48. The minimum absolute atomic E-state index is 0.0191. The molecule has 2 aliphatic heterocycles. The van der Waals surface area contributed by atoms with E-state index in [0.29, 0.717) is 10.6 Å². The van der Waals surface area contributed by atoms with Crippen molar-refractivity contribution in [2.24, 2.45) is 7.05 Å². The molecule has 0 radical (unpaired) electrons. The van der Waals surface area contributed by atoms with Gasteiger partial charge >= 0.3 is 5.97 Å². The Morgan fingerprint density at radius 2 is 2.07 bits per heavy atom. The van der Waals surface area contributed by atoms with Crippen molar-refractivity contribution in [2.45, 2.75) is 23.0 Å². The predicted octanol–water partition coefficient (Wildman–Crippen LogP) is 1.66. The number of methoxy groups -OCH3 is 1. The molecule has 5 rings (SSSR count). The Morgan fingerprint density at radius 3 is 2.75 bits per heavy atom. The van der Waals surface area contributed by atoms with Gasteiger partial charge in [-0.25, -0.2) is 9.78 Å². The number of nitrogen functional groups attached to an aromatic ring is 1. The summed E-state index contributed by atoms with van der Waals surface area (Å²) < 4.78 is 25.5. The van der Waals surface area contributed by atoms with Gasteiger partial charge in [-0.1, -0.05) is 41.9 Å². The van der Waals surface area contributed by atoms with Gasteiger partial charge in [0, 0.05) is 29.8 Å². The summed E-state index contributed by atoms with van der Waals surface area (Å²) in [5.41, 5.74) is 6.55. The molecule has 230 valence electrons.